The largest absolute Gasteiger partial charge is 0.396 e. The SMILES string of the molecule is OCC[C@H]1CN(Cc2nc3ccccc3s2)CCN1C1CCCCC1. The van der Waals surface area contributed by atoms with Gasteiger partial charge in [0.2, 0.25) is 0 Å². The number of thiazole rings is 1. The Morgan fingerprint density at radius 2 is 1.96 bits per heavy atom. The molecule has 1 saturated carbocycles. The zero-order chi connectivity index (χ0) is 17.1. The molecule has 1 atom stereocenters. The Bertz CT molecular complexity index is 649. The molecule has 5 heteroatoms. The molecular formula is C20H29N3OS. The number of hydrogen-bond acceptors (Lipinski definition) is 5. The zero-order valence-electron chi connectivity index (χ0n) is 14.9. The van der Waals surface area contributed by atoms with Crippen molar-refractivity contribution in [3.63, 3.8) is 0 Å². The molecule has 2 fully saturated rings. The normalized spacial score (nSPS) is 24.1. The van der Waals surface area contributed by atoms with E-state index < -0.39 is 0 Å². The molecule has 0 amide bonds. The molecule has 4 rings (SSSR count). The van der Waals surface area contributed by atoms with Crippen LogP contribution in [0.15, 0.2) is 24.3 Å². The molecule has 0 spiro atoms. The molecule has 1 saturated heterocycles. The van der Waals surface area contributed by atoms with Gasteiger partial charge < -0.3 is 5.11 Å². The first kappa shape index (κ1) is 17.4. The second-order valence-electron chi connectivity index (χ2n) is 7.51. The Morgan fingerprint density at radius 3 is 2.76 bits per heavy atom. The highest BCUT2D eigenvalue weighted by Gasteiger charge is 2.32. The Labute approximate surface area is 154 Å². The molecule has 1 aliphatic heterocycles. The maximum absolute atomic E-state index is 9.55. The Balaban J connectivity index is 1.42. The van der Waals surface area contributed by atoms with Crippen LogP contribution in [0.5, 0.6) is 0 Å². The van der Waals surface area contributed by atoms with Crippen LogP contribution in [0.1, 0.15) is 43.5 Å². The lowest BCUT2D eigenvalue weighted by Gasteiger charge is -2.46. The molecule has 2 aliphatic rings. The number of aliphatic hydroxyl groups is 1. The molecule has 25 heavy (non-hydrogen) atoms. The van der Waals surface area contributed by atoms with Crippen LogP contribution < -0.4 is 0 Å². The van der Waals surface area contributed by atoms with Crippen molar-refractivity contribution in [3.05, 3.63) is 29.3 Å². The standard InChI is InChI=1S/C20H29N3OS/c24-13-10-17-14-22(11-12-23(17)16-6-2-1-3-7-16)15-20-21-18-8-4-5-9-19(18)25-20/h4-5,8-9,16-17,24H,1-3,6-7,10-15H2/t17-/m0/s1. The van der Waals surface area contributed by atoms with E-state index in [1.165, 1.54) is 41.8 Å². The summed E-state index contributed by atoms with van der Waals surface area (Å²) in [6.07, 6.45) is 7.75. The lowest BCUT2D eigenvalue weighted by Crippen LogP contribution is -2.56. The average Bonchev–Trinajstić information content (AvgIpc) is 3.05. The molecule has 1 N–H and O–H groups in total. The van der Waals surface area contributed by atoms with Crippen molar-refractivity contribution in [1.82, 2.24) is 14.8 Å². The van der Waals surface area contributed by atoms with E-state index in [4.69, 9.17) is 4.98 Å². The summed E-state index contributed by atoms with van der Waals surface area (Å²) in [4.78, 5) is 10.1. The van der Waals surface area contributed by atoms with Gasteiger partial charge in [0, 0.05) is 38.3 Å². The summed E-state index contributed by atoms with van der Waals surface area (Å²) in [5.74, 6) is 0. The summed E-state index contributed by atoms with van der Waals surface area (Å²) >= 11 is 1.82. The number of rotatable bonds is 5. The van der Waals surface area contributed by atoms with Crippen molar-refractivity contribution >= 4 is 21.6 Å². The van der Waals surface area contributed by atoms with E-state index in [1.807, 2.05) is 11.3 Å². The second kappa shape index (κ2) is 8.12. The van der Waals surface area contributed by atoms with Gasteiger partial charge in [-0.05, 0) is 31.4 Å². The molecule has 1 aromatic carbocycles. The van der Waals surface area contributed by atoms with Crippen LogP contribution in [-0.4, -0.2) is 58.2 Å². The molecule has 0 bridgehead atoms. The molecular weight excluding hydrogens is 330 g/mol. The Kier molecular flexibility index (Phi) is 5.66. The van der Waals surface area contributed by atoms with Gasteiger partial charge in [0.15, 0.2) is 0 Å². The van der Waals surface area contributed by atoms with Crippen molar-refractivity contribution in [2.45, 2.75) is 57.2 Å². The fourth-order valence-electron chi connectivity index (χ4n) is 4.56. The summed E-state index contributed by atoms with van der Waals surface area (Å²) < 4.78 is 1.28. The number of benzene rings is 1. The first-order chi connectivity index (χ1) is 12.3. The van der Waals surface area contributed by atoms with Crippen LogP contribution in [0.25, 0.3) is 10.2 Å². The molecule has 2 heterocycles. The first-order valence-corrected chi connectivity index (χ1v) is 10.6. The number of hydrogen-bond donors (Lipinski definition) is 1. The van der Waals surface area contributed by atoms with E-state index in [-0.39, 0.29) is 0 Å². The van der Waals surface area contributed by atoms with Gasteiger partial charge in [0.25, 0.3) is 0 Å². The summed E-state index contributed by atoms with van der Waals surface area (Å²) in [5, 5.41) is 10.8. The molecule has 4 nitrogen and oxygen atoms in total. The van der Waals surface area contributed by atoms with E-state index >= 15 is 0 Å². The van der Waals surface area contributed by atoms with Gasteiger partial charge in [-0.25, -0.2) is 4.98 Å². The highest BCUT2D eigenvalue weighted by atomic mass is 32.1. The maximum Gasteiger partial charge on any atom is 0.108 e. The van der Waals surface area contributed by atoms with Gasteiger partial charge in [-0.1, -0.05) is 31.4 Å². The van der Waals surface area contributed by atoms with Crippen LogP contribution in [0.2, 0.25) is 0 Å². The summed E-state index contributed by atoms with van der Waals surface area (Å²) in [5.41, 5.74) is 1.12. The van der Waals surface area contributed by atoms with E-state index in [2.05, 4.69) is 34.1 Å². The monoisotopic (exact) mass is 359 g/mol. The van der Waals surface area contributed by atoms with Crippen molar-refractivity contribution in [2.24, 2.45) is 0 Å². The lowest BCUT2D eigenvalue weighted by atomic mass is 9.92. The minimum absolute atomic E-state index is 0.295. The predicted octanol–water partition coefficient (Wildman–Crippen LogP) is 3.50. The second-order valence-corrected chi connectivity index (χ2v) is 8.62. The minimum Gasteiger partial charge on any atom is -0.396 e. The Hall–Kier alpha value is -1.01. The number of piperazine rings is 1. The van der Waals surface area contributed by atoms with Crippen molar-refractivity contribution < 1.29 is 5.11 Å². The van der Waals surface area contributed by atoms with Crippen molar-refractivity contribution in [3.8, 4) is 0 Å². The van der Waals surface area contributed by atoms with E-state index in [0.717, 1.165) is 44.2 Å². The van der Waals surface area contributed by atoms with E-state index in [1.54, 1.807) is 0 Å². The van der Waals surface area contributed by atoms with E-state index in [0.29, 0.717) is 12.6 Å². The van der Waals surface area contributed by atoms with Gasteiger partial charge in [0.05, 0.1) is 16.8 Å². The smallest absolute Gasteiger partial charge is 0.108 e. The van der Waals surface area contributed by atoms with Gasteiger partial charge in [0.1, 0.15) is 5.01 Å². The first-order valence-electron chi connectivity index (χ1n) is 9.77. The van der Waals surface area contributed by atoms with Crippen molar-refractivity contribution in [2.75, 3.05) is 26.2 Å². The number of para-hydroxylation sites is 1. The quantitative estimate of drug-likeness (QED) is 0.887. The number of aromatic nitrogens is 1. The third-order valence-corrected chi connectivity index (χ3v) is 6.84. The fraction of sp³-hybridized carbons (Fsp3) is 0.650. The summed E-state index contributed by atoms with van der Waals surface area (Å²) in [6, 6.07) is 9.65. The molecule has 0 unspecified atom stereocenters. The molecule has 0 radical (unpaired) electrons. The van der Waals surface area contributed by atoms with Crippen LogP contribution >= 0.6 is 11.3 Å². The van der Waals surface area contributed by atoms with Gasteiger partial charge >= 0.3 is 0 Å². The fourth-order valence-corrected chi connectivity index (χ4v) is 5.57. The van der Waals surface area contributed by atoms with Gasteiger partial charge in [-0.3, -0.25) is 9.80 Å². The third-order valence-electron chi connectivity index (χ3n) is 5.82. The average molecular weight is 360 g/mol. The molecule has 1 aliphatic carbocycles. The summed E-state index contributed by atoms with van der Waals surface area (Å²) in [7, 11) is 0. The topological polar surface area (TPSA) is 39.6 Å². The highest BCUT2D eigenvalue weighted by molar-refractivity contribution is 7.18. The van der Waals surface area contributed by atoms with Crippen LogP contribution in [0, 0.1) is 0 Å². The number of aliphatic hydroxyl groups excluding tert-OH is 1. The summed E-state index contributed by atoms with van der Waals surface area (Å²) in [6.45, 7) is 4.56. The zero-order valence-corrected chi connectivity index (χ0v) is 15.8. The van der Waals surface area contributed by atoms with Crippen molar-refractivity contribution in [1.29, 1.82) is 0 Å². The molecule has 2 aromatic rings. The molecule has 1 aromatic heterocycles. The predicted molar refractivity (Wildman–Crippen MR) is 104 cm³/mol. The van der Waals surface area contributed by atoms with Gasteiger partial charge in [-0.2, -0.15) is 0 Å². The third kappa shape index (κ3) is 4.05. The van der Waals surface area contributed by atoms with E-state index in [9.17, 15) is 5.11 Å². The maximum atomic E-state index is 9.55. The van der Waals surface area contributed by atoms with Crippen LogP contribution in [-0.2, 0) is 6.54 Å². The lowest BCUT2D eigenvalue weighted by molar-refractivity contribution is 0.0137. The van der Waals surface area contributed by atoms with Crippen LogP contribution in [0.4, 0.5) is 0 Å². The van der Waals surface area contributed by atoms with Gasteiger partial charge in [-0.15, -0.1) is 11.3 Å². The Morgan fingerprint density at radius 1 is 1.12 bits per heavy atom. The van der Waals surface area contributed by atoms with Crippen LogP contribution in [0.3, 0.4) is 0 Å². The number of nitrogens with zero attached hydrogens (tertiary/aromatic N) is 3. The minimum atomic E-state index is 0.295. The number of fused-ring (bicyclic) bond motifs is 1. The molecule has 136 valence electrons. The highest BCUT2D eigenvalue weighted by Crippen LogP contribution is 2.28.